The second kappa shape index (κ2) is 9.20. The zero-order valence-electron chi connectivity index (χ0n) is 15.6. The van der Waals surface area contributed by atoms with Gasteiger partial charge in [0.1, 0.15) is 5.69 Å². The van der Waals surface area contributed by atoms with Gasteiger partial charge in [-0.05, 0) is 24.3 Å². The number of rotatable bonds is 7. The fourth-order valence-electron chi connectivity index (χ4n) is 2.56. The maximum absolute atomic E-state index is 12.1. The number of carbonyl (C=O) groups is 3. The van der Waals surface area contributed by atoms with Crippen LogP contribution in [0.5, 0.6) is 0 Å². The number of hydrogen-bond acceptors (Lipinski definition) is 6. The van der Waals surface area contributed by atoms with Crippen LogP contribution >= 0.6 is 11.6 Å². The summed E-state index contributed by atoms with van der Waals surface area (Å²) < 4.78 is 10.1. The van der Waals surface area contributed by atoms with Crippen molar-refractivity contribution in [2.45, 2.75) is 6.42 Å². The average molecular weight is 416 g/mol. The van der Waals surface area contributed by atoms with Crippen molar-refractivity contribution < 1.29 is 23.6 Å². The Kier molecular flexibility index (Phi) is 6.46. The number of carbonyl (C=O) groups excluding carboxylic acids is 3. The summed E-state index contributed by atoms with van der Waals surface area (Å²) in [5.41, 5.74) is 1.45. The maximum Gasteiger partial charge on any atom is 0.312 e. The zero-order chi connectivity index (χ0) is 20.8. The van der Waals surface area contributed by atoms with Gasteiger partial charge in [-0.3, -0.25) is 14.4 Å². The van der Waals surface area contributed by atoms with E-state index >= 15 is 0 Å². The Bertz CT molecular complexity index is 1050. The highest BCUT2D eigenvalue weighted by molar-refractivity contribution is 6.33. The van der Waals surface area contributed by atoms with Gasteiger partial charge in [-0.2, -0.15) is 0 Å². The number of fused-ring (bicyclic) bond motifs is 1. The predicted molar refractivity (Wildman–Crippen MR) is 106 cm³/mol. The summed E-state index contributed by atoms with van der Waals surface area (Å²) in [5, 5.41) is 7.57. The van der Waals surface area contributed by atoms with Gasteiger partial charge in [0.2, 0.25) is 5.91 Å². The summed E-state index contributed by atoms with van der Waals surface area (Å²) in [4.78, 5) is 37.4. The van der Waals surface area contributed by atoms with Crippen molar-refractivity contribution in [2.24, 2.45) is 0 Å². The number of esters is 1. The summed E-state index contributed by atoms with van der Waals surface area (Å²) in [7, 11) is 1.44. The van der Waals surface area contributed by atoms with Crippen LogP contribution in [0.1, 0.15) is 5.69 Å². The van der Waals surface area contributed by atoms with E-state index in [1.165, 1.54) is 7.05 Å². The first-order valence-corrected chi connectivity index (χ1v) is 9.09. The van der Waals surface area contributed by atoms with Crippen LogP contribution in [0.15, 0.2) is 53.1 Å². The van der Waals surface area contributed by atoms with Gasteiger partial charge < -0.3 is 19.5 Å². The predicted octanol–water partition coefficient (Wildman–Crippen LogP) is 2.66. The lowest BCUT2D eigenvalue weighted by Crippen LogP contribution is -2.37. The molecule has 0 fully saturated rings. The number of anilines is 1. The van der Waals surface area contributed by atoms with Crippen molar-refractivity contribution in [3.63, 3.8) is 0 Å². The number of likely N-dealkylation sites (N-methyl/N-ethyl adjacent to an activating group) is 1. The third kappa shape index (κ3) is 5.32. The Morgan fingerprint density at radius 1 is 1.14 bits per heavy atom. The number of amides is 2. The van der Waals surface area contributed by atoms with Gasteiger partial charge in [0, 0.05) is 12.4 Å². The highest BCUT2D eigenvalue weighted by atomic mass is 35.5. The molecule has 1 N–H and O–H groups in total. The molecule has 3 aromatic rings. The number of hydrogen-bond donors (Lipinski definition) is 1. The lowest BCUT2D eigenvalue weighted by Gasteiger charge is -2.17. The van der Waals surface area contributed by atoms with Crippen LogP contribution in [-0.2, 0) is 25.5 Å². The Hall–Kier alpha value is -3.39. The first kappa shape index (κ1) is 20.3. The first-order valence-electron chi connectivity index (χ1n) is 8.71. The molecule has 3 rings (SSSR count). The smallest absolute Gasteiger partial charge is 0.312 e. The highest BCUT2D eigenvalue weighted by Gasteiger charge is 2.18. The van der Waals surface area contributed by atoms with Crippen LogP contribution in [0.4, 0.5) is 5.69 Å². The number of aromatic nitrogens is 1. The van der Waals surface area contributed by atoms with Crippen LogP contribution in [0.25, 0.3) is 11.0 Å². The maximum atomic E-state index is 12.1. The number of ether oxygens (including phenoxy) is 1. The van der Waals surface area contributed by atoms with Gasteiger partial charge in [-0.25, -0.2) is 0 Å². The molecule has 8 nitrogen and oxygen atoms in total. The van der Waals surface area contributed by atoms with Crippen molar-refractivity contribution in [3.8, 4) is 0 Å². The first-order chi connectivity index (χ1) is 13.9. The summed E-state index contributed by atoms with van der Waals surface area (Å²) in [6, 6.07) is 13.9. The van der Waals surface area contributed by atoms with E-state index in [1.54, 1.807) is 48.5 Å². The monoisotopic (exact) mass is 415 g/mol. The minimum atomic E-state index is -0.619. The Balaban J connectivity index is 1.46. The second-order valence-electron chi connectivity index (χ2n) is 6.24. The molecule has 2 amide bonds. The molecule has 0 aliphatic rings. The number of halogens is 1. The molecular formula is C20H18ClN3O5. The molecule has 0 unspecified atom stereocenters. The Morgan fingerprint density at radius 3 is 2.66 bits per heavy atom. The SMILES string of the molecule is CN(CC(=O)Nc1ccccc1Cl)C(=O)COC(=O)Cc1noc2ccccc12. The van der Waals surface area contributed by atoms with Crippen LogP contribution in [-0.4, -0.2) is 48.0 Å². The molecule has 0 saturated carbocycles. The van der Waals surface area contributed by atoms with E-state index in [2.05, 4.69) is 10.5 Å². The zero-order valence-corrected chi connectivity index (χ0v) is 16.3. The molecule has 29 heavy (non-hydrogen) atoms. The van der Waals surface area contributed by atoms with E-state index in [-0.39, 0.29) is 13.0 Å². The van der Waals surface area contributed by atoms with Crippen LogP contribution in [0, 0.1) is 0 Å². The van der Waals surface area contributed by atoms with E-state index in [0.29, 0.717) is 27.4 Å². The molecule has 2 aromatic carbocycles. The number of para-hydroxylation sites is 2. The highest BCUT2D eigenvalue weighted by Crippen LogP contribution is 2.20. The standard InChI is InChI=1S/C20H18ClN3O5/c1-24(11-18(25)22-15-8-4-3-7-14(15)21)19(26)12-28-20(27)10-16-13-6-2-5-9-17(13)29-23-16/h2-9H,10-12H2,1H3,(H,22,25). The van der Waals surface area contributed by atoms with Gasteiger partial charge in [0.25, 0.3) is 5.91 Å². The molecule has 9 heteroatoms. The van der Waals surface area contributed by atoms with Crippen molar-refractivity contribution in [1.82, 2.24) is 10.1 Å². The van der Waals surface area contributed by atoms with Gasteiger partial charge >= 0.3 is 5.97 Å². The number of nitrogens with one attached hydrogen (secondary N) is 1. The quantitative estimate of drug-likeness (QED) is 0.595. The summed E-state index contributed by atoms with van der Waals surface area (Å²) in [6.45, 7) is -0.694. The van der Waals surface area contributed by atoms with Crippen LogP contribution in [0.2, 0.25) is 5.02 Å². The van der Waals surface area contributed by atoms with Crippen molar-refractivity contribution in [2.75, 3.05) is 25.5 Å². The Morgan fingerprint density at radius 2 is 1.86 bits per heavy atom. The largest absolute Gasteiger partial charge is 0.455 e. The molecule has 0 aliphatic carbocycles. The van der Waals surface area contributed by atoms with Crippen LogP contribution < -0.4 is 5.32 Å². The number of nitrogens with zero attached hydrogens (tertiary/aromatic N) is 2. The van der Waals surface area contributed by atoms with E-state index in [0.717, 1.165) is 4.90 Å². The van der Waals surface area contributed by atoms with Crippen LogP contribution in [0.3, 0.4) is 0 Å². The minimum absolute atomic E-state index is 0.124. The molecule has 0 aliphatic heterocycles. The van der Waals surface area contributed by atoms with E-state index in [9.17, 15) is 14.4 Å². The van der Waals surface area contributed by atoms with Crippen molar-refractivity contribution in [3.05, 3.63) is 59.2 Å². The summed E-state index contributed by atoms with van der Waals surface area (Å²) >= 11 is 5.98. The van der Waals surface area contributed by atoms with Crippen molar-refractivity contribution >= 4 is 46.0 Å². The molecule has 0 saturated heterocycles. The third-order valence-electron chi connectivity index (χ3n) is 4.08. The molecule has 0 radical (unpaired) electrons. The minimum Gasteiger partial charge on any atom is -0.455 e. The Labute approximate surface area is 171 Å². The van der Waals surface area contributed by atoms with E-state index < -0.39 is 24.4 Å². The van der Waals surface area contributed by atoms with Gasteiger partial charge in [-0.1, -0.05) is 41.0 Å². The molecule has 1 aromatic heterocycles. The molecular weight excluding hydrogens is 398 g/mol. The van der Waals surface area contributed by atoms with Gasteiger partial charge in [-0.15, -0.1) is 0 Å². The summed E-state index contributed by atoms with van der Waals surface area (Å²) in [5.74, 6) is -1.56. The lowest BCUT2D eigenvalue weighted by atomic mass is 10.2. The third-order valence-corrected chi connectivity index (χ3v) is 4.40. The molecule has 0 atom stereocenters. The fraction of sp³-hybridized carbons (Fsp3) is 0.200. The average Bonchev–Trinajstić information content (AvgIpc) is 3.10. The topological polar surface area (TPSA) is 102 Å². The van der Waals surface area contributed by atoms with Crippen molar-refractivity contribution in [1.29, 1.82) is 0 Å². The van der Waals surface area contributed by atoms with E-state index in [1.807, 2.05) is 0 Å². The number of benzene rings is 2. The lowest BCUT2D eigenvalue weighted by molar-refractivity contribution is -0.151. The fourth-order valence-corrected chi connectivity index (χ4v) is 2.74. The van der Waals surface area contributed by atoms with E-state index in [4.69, 9.17) is 20.9 Å². The molecule has 1 heterocycles. The van der Waals surface area contributed by atoms with Gasteiger partial charge in [0.15, 0.2) is 12.2 Å². The molecule has 0 bridgehead atoms. The normalized spacial score (nSPS) is 10.6. The summed E-state index contributed by atoms with van der Waals surface area (Å²) in [6.07, 6.45) is -0.124. The second-order valence-corrected chi connectivity index (χ2v) is 6.65. The van der Waals surface area contributed by atoms with Gasteiger partial charge in [0.05, 0.1) is 23.7 Å². The molecule has 150 valence electrons. The molecule has 0 spiro atoms.